The number of rotatable bonds is 3. The van der Waals surface area contributed by atoms with Crippen LogP contribution < -0.4 is 10.1 Å². The number of urea groups is 1. The zero-order valence-electron chi connectivity index (χ0n) is 12.4. The van der Waals surface area contributed by atoms with Crippen LogP contribution in [0.25, 0.3) is 0 Å². The van der Waals surface area contributed by atoms with E-state index in [0.717, 1.165) is 11.8 Å². The van der Waals surface area contributed by atoms with E-state index < -0.39 is 18.1 Å². The predicted molar refractivity (Wildman–Crippen MR) is 77.6 cm³/mol. The smallest absolute Gasteiger partial charge is 0.404 e. The average Bonchev–Trinajstić information content (AvgIpc) is 3.18. The van der Waals surface area contributed by atoms with Crippen LogP contribution in [0, 0.1) is 0 Å². The van der Waals surface area contributed by atoms with Gasteiger partial charge in [-0.05, 0) is 18.6 Å². The lowest BCUT2D eigenvalue weighted by Crippen LogP contribution is -2.33. The minimum absolute atomic E-state index is 0.0373. The molecule has 1 aliphatic rings. The van der Waals surface area contributed by atoms with Gasteiger partial charge in [-0.3, -0.25) is 0 Å². The largest absolute Gasteiger partial charge is 0.573 e. The highest BCUT2D eigenvalue weighted by atomic mass is 19.4. The second-order valence-electron chi connectivity index (χ2n) is 5.33. The maximum atomic E-state index is 12.4. The number of hydrogen-bond acceptors (Lipinski definition) is 4. The third kappa shape index (κ3) is 3.79. The summed E-state index contributed by atoms with van der Waals surface area (Å²) in [7, 11) is 0. The van der Waals surface area contributed by atoms with Gasteiger partial charge < -0.3 is 19.5 Å². The van der Waals surface area contributed by atoms with E-state index in [1.807, 2.05) is 0 Å². The zero-order valence-corrected chi connectivity index (χ0v) is 12.4. The Bertz CT molecular complexity index is 703. The Morgan fingerprint density at radius 2 is 2.12 bits per heavy atom. The molecule has 9 heteroatoms. The van der Waals surface area contributed by atoms with E-state index in [4.69, 9.17) is 4.52 Å². The maximum absolute atomic E-state index is 12.4. The molecule has 1 saturated heterocycles. The number of hydrogen-bond donors (Lipinski definition) is 1. The Balaban J connectivity index is 1.65. The van der Waals surface area contributed by atoms with Crippen molar-refractivity contribution in [2.24, 2.45) is 0 Å². The monoisotopic (exact) mass is 341 g/mol. The Morgan fingerprint density at radius 3 is 2.83 bits per heavy atom. The fourth-order valence-corrected chi connectivity index (χ4v) is 2.60. The van der Waals surface area contributed by atoms with Gasteiger partial charge in [0.25, 0.3) is 0 Å². The number of carbonyl (C=O) groups excluding carboxylic acids is 1. The van der Waals surface area contributed by atoms with Crippen molar-refractivity contribution in [1.82, 2.24) is 10.1 Å². The SMILES string of the molecule is O=C(Nc1ccccc1OC(F)(F)F)N1CCC(c2ccon2)C1. The molecule has 0 saturated carbocycles. The average molecular weight is 341 g/mol. The molecule has 24 heavy (non-hydrogen) atoms. The molecule has 0 aliphatic carbocycles. The molecule has 0 spiro atoms. The van der Waals surface area contributed by atoms with Crippen molar-refractivity contribution in [1.29, 1.82) is 0 Å². The van der Waals surface area contributed by atoms with Gasteiger partial charge in [0, 0.05) is 25.1 Å². The van der Waals surface area contributed by atoms with Crippen LogP contribution in [0.3, 0.4) is 0 Å². The summed E-state index contributed by atoms with van der Waals surface area (Å²) < 4.78 is 45.9. The molecule has 0 bridgehead atoms. The molecule has 6 nitrogen and oxygen atoms in total. The van der Waals surface area contributed by atoms with Gasteiger partial charge in [0.05, 0.1) is 11.4 Å². The van der Waals surface area contributed by atoms with Crippen LogP contribution >= 0.6 is 0 Å². The van der Waals surface area contributed by atoms with Crippen LogP contribution in [-0.2, 0) is 0 Å². The molecule has 1 fully saturated rings. The van der Waals surface area contributed by atoms with E-state index in [0.29, 0.717) is 19.5 Å². The molecular formula is C15H14F3N3O3. The number of para-hydroxylation sites is 2. The second-order valence-corrected chi connectivity index (χ2v) is 5.33. The Hall–Kier alpha value is -2.71. The summed E-state index contributed by atoms with van der Waals surface area (Å²) in [6.45, 7) is 0.895. The lowest BCUT2D eigenvalue weighted by molar-refractivity contribution is -0.274. The number of nitrogens with one attached hydrogen (secondary N) is 1. The number of halogens is 3. The molecule has 1 N–H and O–H groups in total. The molecule has 1 aromatic carbocycles. The highest BCUT2D eigenvalue weighted by Crippen LogP contribution is 2.31. The number of alkyl halides is 3. The van der Waals surface area contributed by atoms with Crippen LogP contribution in [-0.4, -0.2) is 35.5 Å². The van der Waals surface area contributed by atoms with Gasteiger partial charge in [-0.15, -0.1) is 13.2 Å². The highest BCUT2D eigenvalue weighted by Gasteiger charge is 2.33. The Morgan fingerprint density at radius 1 is 1.33 bits per heavy atom. The number of benzene rings is 1. The van der Waals surface area contributed by atoms with Crippen molar-refractivity contribution in [3.05, 3.63) is 42.3 Å². The summed E-state index contributed by atoms with van der Waals surface area (Å²) in [5.74, 6) is -0.401. The molecule has 0 radical (unpaired) electrons. The number of amides is 2. The van der Waals surface area contributed by atoms with Crippen molar-refractivity contribution in [3.63, 3.8) is 0 Å². The molecule has 1 unspecified atom stereocenters. The van der Waals surface area contributed by atoms with Crippen molar-refractivity contribution in [2.75, 3.05) is 18.4 Å². The first-order chi connectivity index (χ1) is 11.4. The standard InChI is InChI=1S/C15H14F3N3O3/c16-15(17,18)24-13-4-2-1-3-12(13)19-14(22)21-7-5-10(9-21)11-6-8-23-20-11/h1-4,6,8,10H,5,7,9H2,(H,19,22). The summed E-state index contributed by atoms with van der Waals surface area (Å²) in [5, 5.41) is 6.31. The van der Waals surface area contributed by atoms with Gasteiger partial charge in [0.1, 0.15) is 6.26 Å². The molecule has 2 amide bonds. The minimum Gasteiger partial charge on any atom is -0.404 e. The zero-order chi connectivity index (χ0) is 17.2. The molecule has 128 valence electrons. The number of nitrogens with zero attached hydrogens (tertiary/aromatic N) is 2. The maximum Gasteiger partial charge on any atom is 0.573 e. The fourth-order valence-electron chi connectivity index (χ4n) is 2.60. The quantitative estimate of drug-likeness (QED) is 0.926. The summed E-state index contributed by atoms with van der Waals surface area (Å²) >= 11 is 0. The van der Waals surface area contributed by atoms with E-state index in [-0.39, 0.29) is 11.6 Å². The Kier molecular flexibility index (Phi) is 4.32. The molecule has 2 heterocycles. The number of carbonyl (C=O) groups is 1. The van der Waals surface area contributed by atoms with Crippen LogP contribution in [0.2, 0.25) is 0 Å². The lowest BCUT2D eigenvalue weighted by atomic mass is 10.1. The molecule has 1 atom stereocenters. The molecule has 1 aromatic heterocycles. The van der Waals surface area contributed by atoms with Gasteiger partial charge in [0.15, 0.2) is 5.75 Å². The fraction of sp³-hybridized carbons (Fsp3) is 0.333. The number of likely N-dealkylation sites (tertiary alicyclic amines) is 1. The lowest BCUT2D eigenvalue weighted by Gasteiger charge is -2.19. The number of aromatic nitrogens is 1. The normalized spacial score (nSPS) is 17.8. The van der Waals surface area contributed by atoms with Crippen LogP contribution in [0.4, 0.5) is 23.7 Å². The van der Waals surface area contributed by atoms with Crippen LogP contribution in [0.5, 0.6) is 5.75 Å². The van der Waals surface area contributed by atoms with E-state index in [1.165, 1.54) is 29.4 Å². The molecule has 2 aromatic rings. The van der Waals surface area contributed by atoms with E-state index in [2.05, 4.69) is 15.2 Å². The van der Waals surface area contributed by atoms with Crippen molar-refractivity contribution >= 4 is 11.7 Å². The highest BCUT2D eigenvalue weighted by molar-refractivity contribution is 5.91. The summed E-state index contributed by atoms with van der Waals surface area (Å²) in [4.78, 5) is 13.8. The predicted octanol–water partition coefficient (Wildman–Crippen LogP) is 3.59. The molecule has 1 aliphatic heterocycles. The van der Waals surface area contributed by atoms with Gasteiger partial charge in [0.2, 0.25) is 0 Å². The van der Waals surface area contributed by atoms with Gasteiger partial charge in [-0.1, -0.05) is 17.3 Å². The number of ether oxygens (including phenoxy) is 1. The Labute approximate surface area is 135 Å². The third-order valence-electron chi connectivity index (χ3n) is 3.71. The molecule has 3 rings (SSSR count). The van der Waals surface area contributed by atoms with Crippen LogP contribution in [0.15, 0.2) is 41.1 Å². The van der Waals surface area contributed by atoms with Gasteiger partial charge in [-0.25, -0.2) is 4.79 Å². The first-order valence-corrected chi connectivity index (χ1v) is 7.23. The first kappa shape index (κ1) is 16.2. The summed E-state index contributed by atoms with van der Waals surface area (Å²) in [5.41, 5.74) is 0.718. The van der Waals surface area contributed by atoms with Gasteiger partial charge in [-0.2, -0.15) is 0 Å². The van der Waals surface area contributed by atoms with Crippen LogP contribution in [0.1, 0.15) is 18.0 Å². The number of anilines is 1. The van der Waals surface area contributed by atoms with Crippen molar-refractivity contribution in [2.45, 2.75) is 18.7 Å². The minimum atomic E-state index is -4.83. The van der Waals surface area contributed by atoms with E-state index in [1.54, 1.807) is 6.07 Å². The summed E-state index contributed by atoms with van der Waals surface area (Å²) in [6, 6.07) is 6.65. The van der Waals surface area contributed by atoms with E-state index >= 15 is 0 Å². The summed E-state index contributed by atoms with van der Waals surface area (Å²) in [6.07, 6.45) is -2.66. The van der Waals surface area contributed by atoms with E-state index in [9.17, 15) is 18.0 Å². The molecular weight excluding hydrogens is 327 g/mol. The second kappa shape index (κ2) is 6.42. The first-order valence-electron chi connectivity index (χ1n) is 7.23. The van der Waals surface area contributed by atoms with Crippen molar-refractivity contribution in [3.8, 4) is 5.75 Å². The third-order valence-corrected chi connectivity index (χ3v) is 3.71. The van der Waals surface area contributed by atoms with Gasteiger partial charge >= 0.3 is 12.4 Å². The topological polar surface area (TPSA) is 67.6 Å². The van der Waals surface area contributed by atoms with Crippen molar-refractivity contribution < 1.29 is 27.2 Å².